The summed E-state index contributed by atoms with van der Waals surface area (Å²) < 4.78 is 7.22. The number of imidazole rings is 1. The molecule has 0 atom stereocenters. The number of hydrogen-bond acceptors (Lipinski definition) is 7. The SMILES string of the molecule is O=c1ccc(-c2cccnc2)nn1Cc1cccc(COCNc2nc3ccc(CO)cc3[nH]2)c1. The van der Waals surface area contributed by atoms with E-state index in [-0.39, 0.29) is 18.9 Å². The number of aromatic amines is 1. The Balaban J connectivity index is 1.19. The summed E-state index contributed by atoms with van der Waals surface area (Å²) in [5.41, 5.74) is 5.81. The number of rotatable bonds is 9. The fourth-order valence-electron chi connectivity index (χ4n) is 3.75. The van der Waals surface area contributed by atoms with Gasteiger partial charge < -0.3 is 20.1 Å². The van der Waals surface area contributed by atoms with Crippen molar-refractivity contribution in [3.63, 3.8) is 0 Å². The van der Waals surface area contributed by atoms with Crippen LogP contribution in [-0.4, -0.2) is 36.6 Å². The third kappa shape index (κ3) is 5.43. The van der Waals surface area contributed by atoms with Gasteiger partial charge in [0, 0.05) is 24.0 Å². The number of benzene rings is 2. The zero-order valence-corrected chi connectivity index (χ0v) is 18.9. The molecule has 0 fully saturated rings. The number of fused-ring (bicyclic) bond motifs is 1. The first-order valence-electron chi connectivity index (χ1n) is 11.2. The zero-order chi connectivity index (χ0) is 24.0. The van der Waals surface area contributed by atoms with Crippen LogP contribution < -0.4 is 10.9 Å². The number of pyridine rings is 1. The van der Waals surface area contributed by atoms with Crippen LogP contribution >= 0.6 is 0 Å². The van der Waals surface area contributed by atoms with E-state index in [0.717, 1.165) is 33.3 Å². The van der Waals surface area contributed by atoms with Gasteiger partial charge in [-0.15, -0.1) is 0 Å². The maximum absolute atomic E-state index is 12.4. The third-order valence-electron chi connectivity index (χ3n) is 5.49. The molecular weight excluding hydrogens is 444 g/mol. The van der Waals surface area contributed by atoms with Crippen molar-refractivity contribution in [3.8, 4) is 11.3 Å². The monoisotopic (exact) mass is 468 g/mol. The van der Waals surface area contributed by atoms with Crippen molar-refractivity contribution in [3.05, 3.63) is 106 Å². The van der Waals surface area contributed by atoms with E-state index in [9.17, 15) is 9.90 Å². The number of nitrogens with one attached hydrogen (secondary N) is 2. The van der Waals surface area contributed by atoms with Gasteiger partial charge in [-0.1, -0.05) is 30.3 Å². The summed E-state index contributed by atoms with van der Waals surface area (Å²) in [7, 11) is 0. The van der Waals surface area contributed by atoms with Gasteiger partial charge >= 0.3 is 0 Å². The van der Waals surface area contributed by atoms with Gasteiger partial charge in [0.05, 0.1) is 36.5 Å². The first-order valence-corrected chi connectivity index (χ1v) is 11.2. The molecule has 0 spiro atoms. The van der Waals surface area contributed by atoms with Gasteiger partial charge in [-0.2, -0.15) is 5.10 Å². The first-order chi connectivity index (χ1) is 17.2. The quantitative estimate of drug-likeness (QED) is 0.224. The van der Waals surface area contributed by atoms with Crippen molar-refractivity contribution >= 4 is 17.0 Å². The molecule has 0 bridgehead atoms. The van der Waals surface area contributed by atoms with Crippen molar-refractivity contribution in [2.75, 3.05) is 12.0 Å². The highest BCUT2D eigenvalue weighted by Crippen LogP contribution is 2.17. The largest absolute Gasteiger partial charge is 0.392 e. The smallest absolute Gasteiger partial charge is 0.267 e. The fraction of sp³-hybridized carbons (Fsp3) is 0.154. The second-order valence-electron chi connectivity index (χ2n) is 8.04. The Morgan fingerprint density at radius 2 is 1.91 bits per heavy atom. The van der Waals surface area contributed by atoms with Crippen LogP contribution in [0.5, 0.6) is 0 Å². The van der Waals surface area contributed by atoms with Crippen LogP contribution in [0.15, 0.2) is 83.9 Å². The fourth-order valence-corrected chi connectivity index (χ4v) is 3.75. The van der Waals surface area contributed by atoms with Gasteiger partial charge in [0.2, 0.25) is 5.95 Å². The minimum atomic E-state index is -0.166. The van der Waals surface area contributed by atoms with Crippen LogP contribution in [0.4, 0.5) is 5.95 Å². The van der Waals surface area contributed by atoms with Crippen molar-refractivity contribution < 1.29 is 9.84 Å². The third-order valence-corrected chi connectivity index (χ3v) is 5.49. The van der Waals surface area contributed by atoms with E-state index in [2.05, 4.69) is 25.4 Å². The summed E-state index contributed by atoms with van der Waals surface area (Å²) in [6.07, 6.45) is 3.42. The Kier molecular flexibility index (Phi) is 6.60. The van der Waals surface area contributed by atoms with E-state index < -0.39 is 0 Å². The highest BCUT2D eigenvalue weighted by atomic mass is 16.5. The number of aliphatic hydroxyl groups is 1. The highest BCUT2D eigenvalue weighted by Gasteiger charge is 2.06. The highest BCUT2D eigenvalue weighted by molar-refractivity contribution is 5.78. The number of ether oxygens (including phenoxy) is 1. The van der Waals surface area contributed by atoms with Gasteiger partial charge in [-0.3, -0.25) is 9.78 Å². The molecule has 176 valence electrons. The van der Waals surface area contributed by atoms with Crippen LogP contribution in [0.1, 0.15) is 16.7 Å². The van der Waals surface area contributed by atoms with Gasteiger partial charge in [0.15, 0.2) is 0 Å². The van der Waals surface area contributed by atoms with Gasteiger partial charge in [-0.25, -0.2) is 9.67 Å². The van der Waals surface area contributed by atoms with E-state index in [1.165, 1.54) is 10.7 Å². The van der Waals surface area contributed by atoms with E-state index in [1.807, 2.05) is 54.6 Å². The molecule has 0 aliphatic heterocycles. The number of aliphatic hydroxyl groups excluding tert-OH is 1. The number of hydrogen-bond donors (Lipinski definition) is 3. The average Bonchev–Trinajstić information content (AvgIpc) is 3.31. The standard InChI is InChI=1S/C26H24N6O3/c33-15-19-6-7-23-24(12-19)30-26(29-23)28-17-35-16-20-4-1-3-18(11-20)14-32-25(34)9-8-22(31-32)21-5-2-10-27-13-21/h1-13,33H,14-17H2,(H2,28,29,30). The summed E-state index contributed by atoms with van der Waals surface area (Å²) in [6.45, 7) is 1.01. The van der Waals surface area contributed by atoms with Crippen LogP contribution in [0.25, 0.3) is 22.3 Å². The minimum absolute atomic E-state index is 0.0134. The van der Waals surface area contributed by atoms with Crippen LogP contribution in [0.2, 0.25) is 0 Å². The maximum Gasteiger partial charge on any atom is 0.267 e. The van der Waals surface area contributed by atoms with Crippen molar-refractivity contribution in [1.29, 1.82) is 0 Å². The summed E-state index contributed by atoms with van der Waals surface area (Å²) in [4.78, 5) is 24.1. The summed E-state index contributed by atoms with van der Waals surface area (Å²) in [6, 6.07) is 20.4. The maximum atomic E-state index is 12.4. The summed E-state index contributed by atoms with van der Waals surface area (Å²) in [5, 5.41) is 16.9. The molecule has 9 nitrogen and oxygen atoms in total. The predicted molar refractivity (Wildman–Crippen MR) is 133 cm³/mol. The molecule has 5 aromatic rings. The van der Waals surface area contributed by atoms with Gasteiger partial charge in [-0.05, 0) is 47.0 Å². The number of anilines is 1. The molecule has 35 heavy (non-hydrogen) atoms. The lowest BCUT2D eigenvalue weighted by atomic mass is 10.1. The topological polar surface area (TPSA) is 118 Å². The summed E-state index contributed by atoms with van der Waals surface area (Å²) in [5.74, 6) is 0.600. The van der Waals surface area contributed by atoms with E-state index >= 15 is 0 Å². The molecule has 0 saturated heterocycles. The van der Waals surface area contributed by atoms with Crippen molar-refractivity contribution in [1.82, 2.24) is 24.7 Å². The normalized spacial score (nSPS) is 11.1. The zero-order valence-electron chi connectivity index (χ0n) is 18.9. The lowest BCUT2D eigenvalue weighted by Gasteiger charge is -2.09. The molecule has 3 N–H and O–H groups in total. The molecule has 9 heteroatoms. The Labute approximate surface area is 201 Å². The molecule has 0 aliphatic carbocycles. The lowest BCUT2D eigenvalue weighted by molar-refractivity contribution is 0.138. The molecule has 5 rings (SSSR count). The second-order valence-corrected chi connectivity index (χ2v) is 8.04. The number of nitrogens with zero attached hydrogens (tertiary/aromatic N) is 4. The Morgan fingerprint density at radius 1 is 1.00 bits per heavy atom. The van der Waals surface area contributed by atoms with Crippen molar-refractivity contribution in [2.24, 2.45) is 0 Å². The molecule has 3 heterocycles. The molecule has 3 aromatic heterocycles. The van der Waals surface area contributed by atoms with Gasteiger partial charge in [0.25, 0.3) is 5.56 Å². The van der Waals surface area contributed by atoms with E-state index in [4.69, 9.17) is 4.74 Å². The van der Waals surface area contributed by atoms with E-state index in [1.54, 1.807) is 18.5 Å². The van der Waals surface area contributed by atoms with Gasteiger partial charge in [0.1, 0.15) is 6.73 Å². The molecule has 2 aromatic carbocycles. The summed E-state index contributed by atoms with van der Waals surface area (Å²) >= 11 is 0. The second kappa shape index (κ2) is 10.3. The molecule has 0 amide bonds. The Hall–Kier alpha value is -4.34. The lowest BCUT2D eigenvalue weighted by Crippen LogP contribution is -2.22. The first kappa shape index (κ1) is 22.5. The molecule has 0 radical (unpaired) electrons. The average molecular weight is 469 g/mol. The Morgan fingerprint density at radius 3 is 2.77 bits per heavy atom. The molecule has 0 saturated carbocycles. The molecular formula is C26H24N6O3. The van der Waals surface area contributed by atoms with E-state index in [0.29, 0.717) is 24.8 Å². The number of H-pyrrole nitrogens is 1. The minimum Gasteiger partial charge on any atom is -0.392 e. The number of aromatic nitrogens is 5. The van der Waals surface area contributed by atoms with Crippen LogP contribution in [-0.2, 0) is 24.5 Å². The van der Waals surface area contributed by atoms with Crippen LogP contribution in [0.3, 0.4) is 0 Å². The van der Waals surface area contributed by atoms with Crippen molar-refractivity contribution in [2.45, 2.75) is 19.8 Å². The Bertz CT molecular complexity index is 1500. The van der Waals surface area contributed by atoms with Crippen LogP contribution in [0, 0.1) is 0 Å². The molecule has 0 aliphatic rings. The molecule has 0 unspecified atom stereocenters. The predicted octanol–water partition coefficient (Wildman–Crippen LogP) is 3.31.